The Labute approximate surface area is 153 Å². The van der Waals surface area contributed by atoms with Crippen molar-refractivity contribution in [3.05, 3.63) is 57.6 Å². The third kappa shape index (κ3) is 5.53. The van der Waals surface area contributed by atoms with E-state index >= 15 is 0 Å². The third-order valence-corrected chi connectivity index (χ3v) is 4.42. The predicted molar refractivity (Wildman–Crippen MR) is 103 cm³/mol. The molecule has 0 radical (unpaired) electrons. The lowest BCUT2D eigenvalue weighted by Crippen LogP contribution is -2.19. The van der Waals surface area contributed by atoms with Crippen LogP contribution in [0.2, 0.25) is 0 Å². The van der Waals surface area contributed by atoms with Crippen molar-refractivity contribution in [3.63, 3.8) is 0 Å². The number of hydrogen-bond donors (Lipinski definition) is 1. The van der Waals surface area contributed by atoms with Gasteiger partial charge >= 0.3 is 0 Å². The fraction of sp³-hybridized carbons (Fsp3) is 0.400. The van der Waals surface area contributed by atoms with Crippen LogP contribution in [0.3, 0.4) is 0 Å². The van der Waals surface area contributed by atoms with Gasteiger partial charge in [-0.25, -0.2) is 0 Å². The summed E-state index contributed by atoms with van der Waals surface area (Å²) >= 11 is 3.64. The Kier molecular flexibility index (Phi) is 7.13. The molecule has 0 fully saturated rings. The van der Waals surface area contributed by atoms with Crippen molar-refractivity contribution in [2.24, 2.45) is 5.92 Å². The zero-order valence-electron chi connectivity index (χ0n) is 14.9. The van der Waals surface area contributed by atoms with Crippen molar-refractivity contribution >= 4 is 15.9 Å². The number of halogens is 1. The number of ether oxygens (including phenoxy) is 2. The van der Waals surface area contributed by atoms with Crippen molar-refractivity contribution in [1.82, 2.24) is 5.32 Å². The molecule has 0 aliphatic rings. The second-order valence-electron chi connectivity index (χ2n) is 6.40. The molecule has 130 valence electrons. The van der Waals surface area contributed by atoms with Crippen LogP contribution in [0.25, 0.3) is 0 Å². The van der Waals surface area contributed by atoms with E-state index in [0.29, 0.717) is 12.5 Å². The molecule has 24 heavy (non-hydrogen) atoms. The highest BCUT2D eigenvalue weighted by atomic mass is 79.9. The zero-order chi connectivity index (χ0) is 17.5. The Balaban J connectivity index is 2.08. The van der Waals surface area contributed by atoms with Crippen LogP contribution in [-0.2, 0) is 13.2 Å². The van der Waals surface area contributed by atoms with Crippen LogP contribution < -0.4 is 14.8 Å². The molecule has 0 saturated carbocycles. The molecule has 0 saturated heterocycles. The summed E-state index contributed by atoms with van der Waals surface area (Å²) in [6.45, 7) is 8.79. The van der Waals surface area contributed by atoms with Gasteiger partial charge in [-0.2, -0.15) is 0 Å². The lowest BCUT2D eigenvalue weighted by molar-refractivity contribution is 0.284. The number of nitrogens with one attached hydrogen (secondary N) is 1. The quantitative estimate of drug-likeness (QED) is 0.679. The van der Waals surface area contributed by atoms with E-state index in [1.807, 2.05) is 18.2 Å². The maximum atomic E-state index is 5.97. The van der Waals surface area contributed by atoms with E-state index < -0.39 is 0 Å². The Morgan fingerprint density at radius 3 is 2.58 bits per heavy atom. The minimum absolute atomic E-state index is 0.523. The lowest BCUT2D eigenvalue weighted by Gasteiger charge is -2.15. The lowest BCUT2D eigenvalue weighted by atomic mass is 10.1. The maximum Gasteiger partial charge on any atom is 0.162 e. The number of aryl methyl sites for hydroxylation is 1. The van der Waals surface area contributed by atoms with Crippen LogP contribution in [0.4, 0.5) is 0 Å². The van der Waals surface area contributed by atoms with Crippen molar-refractivity contribution < 1.29 is 9.47 Å². The van der Waals surface area contributed by atoms with E-state index in [9.17, 15) is 0 Å². The highest BCUT2D eigenvalue weighted by Gasteiger charge is 2.11. The molecule has 0 aliphatic carbocycles. The number of methoxy groups -OCH3 is 1. The molecule has 3 nitrogen and oxygen atoms in total. The van der Waals surface area contributed by atoms with E-state index in [2.05, 4.69) is 60.2 Å². The van der Waals surface area contributed by atoms with Crippen molar-refractivity contribution in [3.8, 4) is 11.5 Å². The molecule has 2 aromatic rings. The summed E-state index contributed by atoms with van der Waals surface area (Å²) in [4.78, 5) is 0. The Hall–Kier alpha value is -1.52. The second kappa shape index (κ2) is 9.09. The van der Waals surface area contributed by atoms with Gasteiger partial charge in [0.25, 0.3) is 0 Å². The summed E-state index contributed by atoms with van der Waals surface area (Å²) in [5.41, 5.74) is 3.54. The highest BCUT2D eigenvalue weighted by Crippen LogP contribution is 2.34. The Morgan fingerprint density at radius 1 is 1.12 bits per heavy atom. The standard InChI is InChI=1S/C20H26BrNO2/c1-14(2)11-22-12-17-9-19(23-4)20(10-18(17)21)24-13-16-7-5-6-15(3)8-16/h5-10,14,22H,11-13H2,1-4H3. The Bertz CT molecular complexity index is 671. The van der Waals surface area contributed by atoms with Crippen LogP contribution >= 0.6 is 15.9 Å². The molecule has 4 heteroatoms. The third-order valence-electron chi connectivity index (χ3n) is 3.68. The highest BCUT2D eigenvalue weighted by molar-refractivity contribution is 9.10. The summed E-state index contributed by atoms with van der Waals surface area (Å²) in [6, 6.07) is 12.3. The van der Waals surface area contributed by atoms with Crippen LogP contribution in [0.15, 0.2) is 40.9 Å². The number of hydrogen-bond acceptors (Lipinski definition) is 3. The molecule has 0 atom stereocenters. The van der Waals surface area contributed by atoms with Gasteiger partial charge in [0, 0.05) is 11.0 Å². The molecule has 2 rings (SSSR count). The van der Waals surface area contributed by atoms with Crippen LogP contribution in [0.1, 0.15) is 30.5 Å². The van der Waals surface area contributed by atoms with Gasteiger partial charge in [0.2, 0.25) is 0 Å². The largest absolute Gasteiger partial charge is 0.493 e. The topological polar surface area (TPSA) is 30.5 Å². The predicted octanol–water partition coefficient (Wildman–Crippen LogP) is 5.09. The second-order valence-corrected chi connectivity index (χ2v) is 7.25. The summed E-state index contributed by atoms with van der Waals surface area (Å²) < 4.78 is 12.5. The average molecular weight is 392 g/mol. The molecule has 0 aliphatic heterocycles. The molecule has 2 aromatic carbocycles. The van der Waals surface area contributed by atoms with Gasteiger partial charge in [0.15, 0.2) is 11.5 Å². The van der Waals surface area contributed by atoms with Crippen LogP contribution in [-0.4, -0.2) is 13.7 Å². The van der Waals surface area contributed by atoms with E-state index in [0.717, 1.165) is 40.2 Å². The molecule has 0 heterocycles. The van der Waals surface area contributed by atoms with Gasteiger partial charge in [-0.05, 0) is 42.6 Å². The summed E-state index contributed by atoms with van der Waals surface area (Å²) in [5.74, 6) is 2.13. The molecule has 0 unspecified atom stereocenters. The first-order valence-corrected chi connectivity index (χ1v) is 9.04. The summed E-state index contributed by atoms with van der Waals surface area (Å²) in [5, 5.41) is 3.45. The van der Waals surface area contributed by atoms with Crippen molar-refractivity contribution in [2.45, 2.75) is 33.9 Å². The first kappa shape index (κ1) is 18.8. The molecule has 0 bridgehead atoms. The smallest absolute Gasteiger partial charge is 0.162 e. The summed E-state index contributed by atoms with van der Waals surface area (Å²) in [6.07, 6.45) is 0. The molecular formula is C20H26BrNO2. The monoisotopic (exact) mass is 391 g/mol. The van der Waals surface area contributed by atoms with E-state index in [1.165, 1.54) is 5.56 Å². The minimum Gasteiger partial charge on any atom is -0.493 e. The van der Waals surface area contributed by atoms with Crippen LogP contribution in [0, 0.1) is 12.8 Å². The van der Waals surface area contributed by atoms with Gasteiger partial charge in [-0.15, -0.1) is 0 Å². The minimum atomic E-state index is 0.523. The van der Waals surface area contributed by atoms with Gasteiger partial charge in [-0.1, -0.05) is 59.6 Å². The fourth-order valence-electron chi connectivity index (χ4n) is 2.44. The zero-order valence-corrected chi connectivity index (χ0v) is 16.4. The molecule has 0 spiro atoms. The average Bonchev–Trinajstić information content (AvgIpc) is 2.54. The summed E-state index contributed by atoms with van der Waals surface area (Å²) in [7, 11) is 1.67. The normalized spacial score (nSPS) is 10.9. The van der Waals surface area contributed by atoms with Crippen LogP contribution in [0.5, 0.6) is 11.5 Å². The maximum absolute atomic E-state index is 5.97. The molecule has 1 N–H and O–H groups in total. The van der Waals surface area contributed by atoms with E-state index in [1.54, 1.807) is 7.11 Å². The van der Waals surface area contributed by atoms with Crippen molar-refractivity contribution in [2.75, 3.05) is 13.7 Å². The van der Waals surface area contributed by atoms with Gasteiger partial charge in [0.05, 0.1) is 7.11 Å². The Morgan fingerprint density at radius 2 is 1.92 bits per heavy atom. The van der Waals surface area contributed by atoms with Gasteiger partial charge in [0.1, 0.15) is 6.61 Å². The van der Waals surface area contributed by atoms with E-state index in [-0.39, 0.29) is 0 Å². The SMILES string of the molecule is COc1cc(CNCC(C)C)c(Br)cc1OCc1cccc(C)c1. The molecular weight excluding hydrogens is 366 g/mol. The molecule has 0 aromatic heterocycles. The number of benzene rings is 2. The first-order chi connectivity index (χ1) is 11.5. The molecule has 0 amide bonds. The van der Waals surface area contributed by atoms with E-state index in [4.69, 9.17) is 9.47 Å². The first-order valence-electron chi connectivity index (χ1n) is 8.25. The van der Waals surface area contributed by atoms with Crippen molar-refractivity contribution in [1.29, 1.82) is 0 Å². The van der Waals surface area contributed by atoms with Gasteiger partial charge in [-0.3, -0.25) is 0 Å². The number of rotatable bonds is 8. The fourth-order valence-corrected chi connectivity index (χ4v) is 2.91. The van der Waals surface area contributed by atoms with Gasteiger partial charge < -0.3 is 14.8 Å².